The number of nitrogens with one attached hydrogen (secondary N) is 1. The minimum Gasteiger partial charge on any atom is -0.467 e. The Bertz CT molecular complexity index is 637. The SMILES string of the molecule is COC(=O)C(Nc1ncnc2sc(C)c(C)c12)C(C)C. The van der Waals surface area contributed by atoms with E-state index in [1.165, 1.54) is 18.3 Å². The van der Waals surface area contributed by atoms with Crippen LogP contribution in [0.1, 0.15) is 24.3 Å². The Balaban J connectivity index is 2.45. The summed E-state index contributed by atoms with van der Waals surface area (Å²) in [5.74, 6) is 0.518. The summed E-state index contributed by atoms with van der Waals surface area (Å²) in [6.07, 6.45) is 1.52. The summed E-state index contributed by atoms with van der Waals surface area (Å²) in [5.41, 5.74) is 1.15. The molecule has 0 radical (unpaired) electrons. The summed E-state index contributed by atoms with van der Waals surface area (Å²) in [6.45, 7) is 8.05. The van der Waals surface area contributed by atoms with Gasteiger partial charge in [-0.2, -0.15) is 0 Å². The van der Waals surface area contributed by atoms with Gasteiger partial charge in [-0.15, -0.1) is 11.3 Å². The summed E-state index contributed by atoms with van der Waals surface area (Å²) in [4.78, 5) is 22.6. The number of thiophene rings is 1. The highest BCUT2D eigenvalue weighted by Gasteiger charge is 2.24. The molecule has 0 saturated carbocycles. The first-order chi connectivity index (χ1) is 9.45. The molecule has 108 valence electrons. The largest absolute Gasteiger partial charge is 0.467 e. The standard InChI is InChI=1S/C14H19N3O2S/c1-7(2)11(14(18)19-5)17-12-10-8(3)9(4)20-13(10)16-6-15-12/h6-7,11H,1-5H3,(H,15,16,17). The molecule has 2 heterocycles. The van der Waals surface area contributed by atoms with E-state index < -0.39 is 6.04 Å². The third kappa shape index (κ3) is 2.60. The van der Waals surface area contributed by atoms with Crippen LogP contribution in [0.2, 0.25) is 0 Å². The lowest BCUT2D eigenvalue weighted by Crippen LogP contribution is -2.35. The number of anilines is 1. The number of aryl methyl sites for hydroxylation is 2. The molecule has 0 spiro atoms. The molecule has 0 aromatic carbocycles. The van der Waals surface area contributed by atoms with Crippen molar-refractivity contribution in [3.63, 3.8) is 0 Å². The highest BCUT2D eigenvalue weighted by molar-refractivity contribution is 7.18. The van der Waals surface area contributed by atoms with E-state index in [-0.39, 0.29) is 11.9 Å². The molecule has 2 aromatic rings. The molecule has 1 unspecified atom stereocenters. The normalized spacial score (nSPS) is 12.7. The van der Waals surface area contributed by atoms with Crippen LogP contribution < -0.4 is 5.32 Å². The second kappa shape index (κ2) is 5.75. The van der Waals surface area contributed by atoms with Crippen molar-refractivity contribution >= 4 is 33.3 Å². The van der Waals surface area contributed by atoms with Crippen LogP contribution in [0.5, 0.6) is 0 Å². The second-order valence-corrected chi connectivity index (χ2v) is 6.28. The number of hydrogen-bond acceptors (Lipinski definition) is 6. The van der Waals surface area contributed by atoms with Crippen LogP contribution in [0.3, 0.4) is 0 Å². The van der Waals surface area contributed by atoms with Crippen LogP contribution in [0, 0.1) is 19.8 Å². The minimum atomic E-state index is -0.419. The summed E-state index contributed by atoms with van der Waals surface area (Å²) in [5, 5.41) is 4.20. The molecule has 0 amide bonds. The van der Waals surface area contributed by atoms with Gasteiger partial charge in [-0.1, -0.05) is 13.8 Å². The molecule has 1 atom stereocenters. The fraction of sp³-hybridized carbons (Fsp3) is 0.500. The predicted octanol–water partition coefficient (Wildman–Crippen LogP) is 2.92. The van der Waals surface area contributed by atoms with Crippen molar-refractivity contribution in [3.05, 3.63) is 16.8 Å². The molecule has 2 rings (SSSR count). The van der Waals surface area contributed by atoms with Gasteiger partial charge in [0.2, 0.25) is 0 Å². The van der Waals surface area contributed by atoms with E-state index in [4.69, 9.17) is 4.74 Å². The summed E-state index contributed by atoms with van der Waals surface area (Å²) in [7, 11) is 1.40. The zero-order valence-corrected chi connectivity index (χ0v) is 13.2. The molecular weight excluding hydrogens is 274 g/mol. The van der Waals surface area contributed by atoms with Gasteiger partial charge in [-0.05, 0) is 25.3 Å². The van der Waals surface area contributed by atoms with E-state index in [1.54, 1.807) is 11.3 Å². The monoisotopic (exact) mass is 293 g/mol. The fourth-order valence-corrected chi connectivity index (χ4v) is 3.06. The number of fused-ring (bicyclic) bond motifs is 1. The van der Waals surface area contributed by atoms with Crippen molar-refractivity contribution in [1.82, 2.24) is 9.97 Å². The first-order valence-corrected chi connectivity index (χ1v) is 7.32. The van der Waals surface area contributed by atoms with Gasteiger partial charge in [-0.25, -0.2) is 14.8 Å². The number of nitrogens with zero attached hydrogens (tertiary/aromatic N) is 2. The molecule has 0 aliphatic heterocycles. The van der Waals surface area contributed by atoms with Gasteiger partial charge in [-0.3, -0.25) is 0 Å². The van der Waals surface area contributed by atoms with Crippen LogP contribution in [0.4, 0.5) is 5.82 Å². The zero-order chi connectivity index (χ0) is 14.9. The number of carbonyl (C=O) groups is 1. The average molecular weight is 293 g/mol. The Morgan fingerprint density at radius 2 is 2.05 bits per heavy atom. The number of hydrogen-bond donors (Lipinski definition) is 1. The van der Waals surface area contributed by atoms with Crippen molar-refractivity contribution < 1.29 is 9.53 Å². The van der Waals surface area contributed by atoms with Gasteiger partial charge in [0, 0.05) is 4.88 Å². The lowest BCUT2D eigenvalue weighted by molar-refractivity contribution is -0.142. The Kier molecular flexibility index (Phi) is 4.23. The molecule has 0 aliphatic carbocycles. The molecule has 5 nitrogen and oxygen atoms in total. The number of rotatable bonds is 4. The van der Waals surface area contributed by atoms with Gasteiger partial charge in [0.05, 0.1) is 12.5 Å². The maximum Gasteiger partial charge on any atom is 0.328 e. The van der Waals surface area contributed by atoms with Gasteiger partial charge in [0.15, 0.2) is 0 Å². The van der Waals surface area contributed by atoms with Crippen LogP contribution >= 0.6 is 11.3 Å². The first-order valence-electron chi connectivity index (χ1n) is 6.50. The van der Waals surface area contributed by atoms with E-state index >= 15 is 0 Å². The third-order valence-corrected chi connectivity index (χ3v) is 4.49. The van der Waals surface area contributed by atoms with E-state index in [0.717, 1.165) is 15.8 Å². The third-order valence-electron chi connectivity index (χ3n) is 3.38. The number of methoxy groups -OCH3 is 1. The van der Waals surface area contributed by atoms with Gasteiger partial charge in [0.1, 0.15) is 23.0 Å². The second-order valence-electron chi connectivity index (χ2n) is 5.07. The molecule has 2 aromatic heterocycles. The maximum atomic E-state index is 11.9. The maximum absolute atomic E-state index is 11.9. The van der Waals surface area contributed by atoms with Crippen molar-refractivity contribution in [2.24, 2.45) is 5.92 Å². The number of esters is 1. The highest BCUT2D eigenvalue weighted by atomic mass is 32.1. The van der Waals surface area contributed by atoms with Gasteiger partial charge in [0.25, 0.3) is 0 Å². The average Bonchev–Trinajstić information content (AvgIpc) is 2.71. The summed E-state index contributed by atoms with van der Waals surface area (Å²) in [6, 6.07) is -0.419. The summed E-state index contributed by atoms with van der Waals surface area (Å²) >= 11 is 1.64. The smallest absolute Gasteiger partial charge is 0.328 e. The van der Waals surface area contributed by atoms with E-state index in [2.05, 4.69) is 22.2 Å². The van der Waals surface area contributed by atoms with Crippen molar-refractivity contribution in [3.8, 4) is 0 Å². The fourth-order valence-electron chi connectivity index (χ4n) is 2.06. The molecule has 1 N–H and O–H groups in total. The quantitative estimate of drug-likeness (QED) is 0.878. The van der Waals surface area contributed by atoms with Crippen molar-refractivity contribution in [2.45, 2.75) is 33.7 Å². The van der Waals surface area contributed by atoms with Crippen LogP contribution in [-0.2, 0) is 9.53 Å². The molecule has 0 saturated heterocycles. The predicted molar refractivity (Wildman–Crippen MR) is 81.2 cm³/mol. The van der Waals surface area contributed by atoms with Gasteiger partial charge < -0.3 is 10.1 Å². The summed E-state index contributed by atoms with van der Waals surface area (Å²) < 4.78 is 4.85. The highest BCUT2D eigenvalue weighted by Crippen LogP contribution is 2.33. The topological polar surface area (TPSA) is 64.1 Å². The van der Waals surface area contributed by atoms with E-state index in [9.17, 15) is 4.79 Å². The lowest BCUT2D eigenvalue weighted by atomic mass is 10.0. The van der Waals surface area contributed by atoms with Crippen LogP contribution in [0.15, 0.2) is 6.33 Å². The Hall–Kier alpha value is -1.69. The molecule has 0 aliphatic rings. The zero-order valence-electron chi connectivity index (χ0n) is 12.4. The molecule has 6 heteroatoms. The van der Waals surface area contributed by atoms with E-state index in [1.807, 2.05) is 20.8 Å². The van der Waals surface area contributed by atoms with Crippen LogP contribution in [-0.4, -0.2) is 29.1 Å². The molecule has 20 heavy (non-hydrogen) atoms. The Labute approximate surface area is 122 Å². The van der Waals surface area contributed by atoms with Gasteiger partial charge >= 0.3 is 5.97 Å². The molecule has 0 fully saturated rings. The Morgan fingerprint density at radius 3 is 2.65 bits per heavy atom. The number of ether oxygens (including phenoxy) is 1. The molecule has 0 bridgehead atoms. The number of aromatic nitrogens is 2. The van der Waals surface area contributed by atoms with E-state index in [0.29, 0.717) is 5.82 Å². The Morgan fingerprint density at radius 1 is 1.35 bits per heavy atom. The minimum absolute atomic E-state index is 0.104. The molecular formula is C14H19N3O2S. The lowest BCUT2D eigenvalue weighted by Gasteiger charge is -2.20. The van der Waals surface area contributed by atoms with Crippen molar-refractivity contribution in [1.29, 1.82) is 0 Å². The first kappa shape index (κ1) is 14.7. The van der Waals surface area contributed by atoms with Crippen LogP contribution in [0.25, 0.3) is 10.2 Å². The number of carbonyl (C=O) groups excluding carboxylic acids is 1. The van der Waals surface area contributed by atoms with Crippen molar-refractivity contribution in [2.75, 3.05) is 12.4 Å².